The third-order valence-corrected chi connectivity index (χ3v) is 4.61. The van der Waals surface area contributed by atoms with Crippen LogP contribution >= 0.6 is 23.4 Å². The Morgan fingerprint density at radius 1 is 1.10 bits per heavy atom. The molecule has 0 aliphatic rings. The third kappa shape index (κ3) is 4.70. The largest absolute Gasteiger partial charge is 0.316 e. The second kappa shape index (κ2) is 7.78. The van der Waals surface area contributed by atoms with Gasteiger partial charge in [0.05, 0.1) is 0 Å². The molecule has 2 aromatic carbocycles. The van der Waals surface area contributed by atoms with Crippen LogP contribution in [0.15, 0.2) is 47.4 Å². The van der Waals surface area contributed by atoms with Crippen molar-refractivity contribution in [3.05, 3.63) is 64.7 Å². The average Bonchev–Trinajstić information content (AvgIpc) is 2.48. The first-order chi connectivity index (χ1) is 10.1. The molecule has 0 bridgehead atoms. The molecular formula is C16H16ClF2NS. The number of likely N-dealkylation sites (N-methyl/N-ethyl adjacent to an activating group) is 1. The van der Waals surface area contributed by atoms with E-state index in [-0.39, 0.29) is 11.6 Å². The third-order valence-electron chi connectivity index (χ3n) is 3.19. The summed E-state index contributed by atoms with van der Waals surface area (Å²) in [5, 5.41) is 3.80. The van der Waals surface area contributed by atoms with E-state index in [9.17, 15) is 8.78 Å². The molecule has 1 atom stereocenters. The summed E-state index contributed by atoms with van der Waals surface area (Å²) in [7, 11) is 1.80. The average molecular weight is 328 g/mol. The molecule has 0 aliphatic carbocycles. The Balaban J connectivity index is 1.98. The van der Waals surface area contributed by atoms with Gasteiger partial charge in [-0.2, -0.15) is 0 Å². The minimum absolute atomic E-state index is 0.0166. The number of hydrogen-bond donors (Lipinski definition) is 1. The molecule has 1 unspecified atom stereocenters. The smallest absolute Gasteiger partial charge is 0.129 e. The molecule has 112 valence electrons. The summed E-state index contributed by atoms with van der Waals surface area (Å²) in [4.78, 5) is 1.08. The molecular weight excluding hydrogens is 312 g/mol. The molecule has 5 heteroatoms. The zero-order chi connectivity index (χ0) is 15.2. The number of rotatable bonds is 6. The summed E-state index contributed by atoms with van der Waals surface area (Å²) in [6.45, 7) is 0. The van der Waals surface area contributed by atoms with Crippen molar-refractivity contribution in [2.75, 3.05) is 12.8 Å². The maximum atomic E-state index is 13.7. The lowest BCUT2D eigenvalue weighted by Crippen LogP contribution is -2.30. The van der Waals surface area contributed by atoms with Gasteiger partial charge < -0.3 is 5.32 Å². The van der Waals surface area contributed by atoms with Gasteiger partial charge in [-0.3, -0.25) is 0 Å². The summed E-state index contributed by atoms with van der Waals surface area (Å²) in [5.41, 5.74) is 0.133. The maximum Gasteiger partial charge on any atom is 0.129 e. The van der Waals surface area contributed by atoms with E-state index in [0.29, 0.717) is 17.2 Å². The molecule has 0 radical (unpaired) electrons. The standard InChI is InChI=1S/C16H16ClF2NS/c1-20-12(9-14-15(18)3-2-4-16(14)19)10-21-13-7-5-11(17)6-8-13/h2-8,12,20H,9-10H2,1H3. The lowest BCUT2D eigenvalue weighted by molar-refractivity contribution is 0.524. The summed E-state index contributed by atoms with van der Waals surface area (Å²) in [6.07, 6.45) is 0.315. The second-order valence-electron chi connectivity index (χ2n) is 4.65. The Hall–Kier alpha value is -1.10. The molecule has 0 spiro atoms. The molecule has 0 amide bonds. The van der Waals surface area contributed by atoms with Crippen LogP contribution in [0.3, 0.4) is 0 Å². The Bertz CT molecular complexity index is 569. The molecule has 1 nitrogen and oxygen atoms in total. The molecule has 0 heterocycles. The van der Waals surface area contributed by atoms with Crippen molar-refractivity contribution in [2.24, 2.45) is 0 Å². The van der Waals surface area contributed by atoms with E-state index in [0.717, 1.165) is 4.90 Å². The number of nitrogens with one attached hydrogen (secondary N) is 1. The lowest BCUT2D eigenvalue weighted by atomic mass is 10.1. The Morgan fingerprint density at radius 2 is 1.71 bits per heavy atom. The normalized spacial score (nSPS) is 12.4. The van der Waals surface area contributed by atoms with Crippen LogP contribution < -0.4 is 5.32 Å². The van der Waals surface area contributed by atoms with Gasteiger partial charge in [-0.05, 0) is 49.9 Å². The van der Waals surface area contributed by atoms with Crippen LogP contribution in [0, 0.1) is 11.6 Å². The van der Waals surface area contributed by atoms with Crippen molar-refractivity contribution < 1.29 is 8.78 Å². The van der Waals surface area contributed by atoms with Crippen molar-refractivity contribution >= 4 is 23.4 Å². The summed E-state index contributed by atoms with van der Waals surface area (Å²) in [6, 6.07) is 11.5. The van der Waals surface area contributed by atoms with Crippen LogP contribution in [0.5, 0.6) is 0 Å². The monoisotopic (exact) mass is 327 g/mol. The van der Waals surface area contributed by atoms with Crippen molar-refractivity contribution in [1.29, 1.82) is 0 Å². The summed E-state index contributed by atoms with van der Waals surface area (Å²) in [5.74, 6) is -0.273. The predicted octanol–water partition coefficient (Wildman–Crippen LogP) is 4.54. The molecule has 2 rings (SSSR count). The molecule has 0 aliphatic heterocycles. The molecule has 0 aromatic heterocycles. The van der Waals surface area contributed by atoms with Crippen LogP contribution in [0.1, 0.15) is 5.56 Å². The van der Waals surface area contributed by atoms with E-state index in [1.54, 1.807) is 18.8 Å². The van der Waals surface area contributed by atoms with E-state index in [1.165, 1.54) is 18.2 Å². The fourth-order valence-corrected chi connectivity index (χ4v) is 3.08. The van der Waals surface area contributed by atoms with Crippen LogP contribution in [-0.4, -0.2) is 18.8 Å². The highest BCUT2D eigenvalue weighted by molar-refractivity contribution is 7.99. The van der Waals surface area contributed by atoms with Crippen LogP contribution in [0.2, 0.25) is 5.02 Å². The zero-order valence-corrected chi connectivity index (χ0v) is 13.1. The van der Waals surface area contributed by atoms with Gasteiger partial charge in [0, 0.05) is 27.3 Å². The van der Waals surface area contributed by atoms with Gasteiger partial charge in [-0.15, -0.1) is 11.8 Å². The van der Waals surface area contributed by atoms with Gasteiger partial charge in [0.15, 0.2) is 0 Å². The number of hydrogen-bond acceptors (Lipinski definition) is 2. The van der Waals surface area contributed by atoms with Crippen LogP contribution in [0.25, 0.3) is 0 Å². The van der Waals surface area contributed by atoms with Crippen molar-refractivity contribution in [2.45, 2.75) is 17.4 Å². The van der Waals surface area contributed by atoms with E-state index < -0.39 is 11.6 Å². The van der Waals surface area contributed by atoms with Crippen molar-refractivity contribution in [3.63, 3.8) is 0 Å². The Kier molecular flexibility index (Phi) is 6.03. The maximum absolute atomic E-state index is 13.7. The first kappa shape index (κ1) is 16.3. The van der Waals surface area contributed by atoms with Crippen molar-refractivity contribution in [1.82, 2.24) is 5.32 Å². The topological polar surface area (TPSA) is 12.0 Å². The van der Waals surface area contributed by atoms with E-state index >= 15 is 0 Å². The highest BCUT2D eigenvalue weighted by atomic mass is 35.5. The summed E-state index contributed by atoms with van der Waals surface area (Å²) < 4.78 is 27.3. The minimum atomic E-state index is -0.494. The number of thioether (sulfide) groups is 1. The fraction of sp³-hybridized carbons (Fsp3) is 0.250. The predicted molar refractivity (Wildman–Crippen MR) is 85.1 cm³/mol. The fourth-order valence-electron chi connectivity index (χ4n) is 1.95. The first-order valence-corrected chi connectivity index (χ1v) is 7.95. The molecule has 1 N–H and O–H groups in total. The summed E-state index contributed by atoms with van der Waals surface area (Å²) >= 11 is 7.47. The van der Waals surface area contributed by atoms with Gasteiger partial charge >= 0.3 is 0 Å². The van der Waals surface area contributed by atoms with E-state index in [1.807, 2.05) is 24.3 Å². The van der Waals surface area contributed by atoms with E-state index in [4.69, 9.17) is 11.6 Å². The second-order valence-corrected chi connectivity index (χ2v) is 6.18. The minimum Gasteiger partial charge on any atom is -0.316 e. The molecule has 0 saturated carbocycles. The van der Waals surface area contributed by atoms with Gasteiger partial charge in [-0.25, -0.2) is 8.78 Å². The number of benzene rings is 2. The highest BCUT2D eigenvalue weighted by Crippen LogP contribution is 2.22. The quantitative estimate of drug-likeness (QED) is 0.782. The van der Waals surface area contributed by atoms with Gasteiger partial charge in [0.2, 0.25) is 0 Å². The highest BCUT2D eigenvalue weighted by Gasteiger charge is 2.14. The van der Waals surface area contributed by atoms with Gasteiger partial charge in [0.1, 0.15) is 11.6 Å². The van der Waals surface area contributed by atoms with Crippen LogP contribution in [0.4, 0.5) is 8.78 Å². The Morgan fingerprint density at radius 3 is 2.29 bits per heavy atom. The zero-order valence-electron chi connectivity index (χ0n) is 11.6. The lowest BCUT2D eigenvalue weighted by Gasteiger charge is -2.16. The number of halogens is 3. The molecule has 21 heavy (non-hydrogen) atoms. The molecule has 0 fully saturated rings. The van der Waals surface area contributed by atoms with Gasteiger partial charge in [0.25, 0.3) is 0 Å². The SMILES string of the molecule is CNC(CSc1ccc(Cl)cc1)Cc1c(F)cccc1F. The Labute approximate surface area is 132 Å². The van der Waals surface area contributed by atoms with Crippen LogP contribution in [-0.2, 0) is 6.42 Å². The molecule has 2 aromatic rings. The molecule has 0 saturated heterocycles. The van der Waals surface area contributed by atoms with Crippen molar-refractivity contribution in [3.8, 4) is 0 Å². The van der Waals surface area contributed by atoms with E-state index in [2.05, 4.69) is 5.32 Å². The first-order valence-electron chi connectivity index (χ1n) is 6.58. The van der Waals surface area contributed by atoms with Gasteiger partial charge in [-0.1, -0.05) is 17.7 Å².